The summed E-state index contributed by atoms with van der Waals surface area (Å²) >= 11 is 0. The summed E-state index contributed by atoms with van der Waals surface area (Å²) in [6, 6.07) is 22.0. The van der Waals surface area contributed by atoms with Gasteiger partial charge in [0.1, 0.15) is 11.2 Å². The van der Waals surface area contributed by atoms with Gasteiger partial charge in [-0.25, -0.2) is 9.55 Å². The molecule has 3 aromatic rings. The molecule has 37 heavy (non-hydrogen) atoms. The topological polar surface area (TPSA) is 132 Å². The second-order valence-electron chi connectivity index (χ2n) is 8.13. The van der Waals surface area contributed by atoms with Crippen molar-refractivity contribution >= 4 is 33.4 Å². The van der Waals surface area contributed by atoms with E-state index >= 15 is 0 Å². The molecular weight excluding hydrogens is 474 g/mol. The van der Waals surface area contributed by atoms with Crippen LogP contribution in [0.5, 0.6) is 0 Å². The van der Waals surface area contributed by atoms with E-state index in [1.165, 1.54) is 0 Å². The van der Waals surface area contributed by atoms with Crippen LogP contribution in [0.2, 0.25) is 0 Å². The van der Waals surface area contributed by atoms with Crippen LogP contribution in [-0.2, 0) is 6.54 Å². The fraction of sp³-hybridized carbons (Fsp3) is 0.222. The number of aromatic nitrogens is 2. The Morgan fingerprint density at radius 2 is 1.76 bits per heavy atom. The maximum absolute atomic E-state index is 11.2. The van der Waals surface area contributed by atoms with Crippen molar-refractivity contribution < 1.29 is 24.4 Å². The number of benzene rings is 3. The number of anilines is 1. The minimum atomic E-state index is -1.50. The molecule has 2 aromatic carbocycles. The first-order chi connectivity index (χ1) is 17.9. The fourth-order valence-electron chi connectivity index (χ4n) is 4.28. The summed E-state index contributed by atoms with van der Waals surface area (Å²) in [5.41, 5.74) is 3.50. The van der Waals surface area contributed by atoms with Gasteiger partial charge in [-0.3, -0.25) is 0 Å². The summed E-state index contributed by atoms with van der Waals surface area (Å²) in [6.45, 7) is 6.32. The molecule has 10 heteroatoms. The molecule has 1 aliphatic carbocycles. The molecule has 1 aromatic heterocycles. The monoisotopic (exact) mass is 501 g/mol. The van der Waals surface area contributed by atoms with Gasteiger partial charge in [0.05, 0.1) is 12.7 Å². The number of fused-ring (bicyclic) bond motifs is 4. The molecule has 0 bridgehead atoms. The number of pyridine rings is 1. The summed E-state index contributed by atoms with van der Waals surface area (Å²) < 4.78 is 8.26. The zero-order chi connectivity index (χ0) is 26.4. The maximum Gasteiger partial charge on any atom is 0.323 e. The number of nitrogens with zero attached hydrogens (tertiary/aromatic N) is 5. The fourth-order valence-corrected chi connectivity index (χ4v) is 4.28. The molecule has 0 saturated heterocycles. The summed E-state index contributed by atoms with van der Waals surface area (Å²) in [4.78, 5) is 20.5. The zero-order valence-corrected chi connectivity index (χ0v) is 20.6. The third kappa shape index (κ3) is 5.65. The lowest BCUT2D eigenvalue weighted by Crippen LogP contribution is -2.38. The standard InChI is InChI=1S/C27H26N4O2.HNO3/c1-3-30(4-2)19-12-13-22-24(17-19)33-25-18-23(20-9-5-6-10-21(20)27(25)29-22)28-26-11-7-8-14-31(26)15-16-32;2-1(3)4/h5-14,17-18H,3-4,15-16H2,1-2H3;(H,2,3,4). The van der Waals surface area contributed by atoms with Gasteiger partial charge in [-0.2, -0.15) is 0 Å². The third-order valence-electron chi connectivity index (χ3n) is 5.97. The molecular formula is C27H27N5O5. The van der Waals surface area contributed by atoms with Crippen molar-refractivity contribution in [1.29, 1.82) is 0 Å². The van der Waals surface area contributed by atoms with Crippen LogP contribution < -0.4 is 19.9 Å². The molecule has 2 heterocycles. The van der Waals surface area contributed by atoms with Gasteiger partial charge < -0.3 is 19.6 Å². The first kappa shape index (κ1) is 25.5. The Morgan fingerprint density at radius 1 is 1.05 bits per heavy atom. The lowest BCUT2D eigenvalue weighted by molar-refractivity contribution is -0.742. The number of rotatable bonds is 6. The van der Waals surface area contributed by atoms with Gasteiger partial charge in [0.2, 0.25) is 0 Å². The Kier molecular flexibility index (Phi) is 7.89. The van der Waals surface area contributed by atoms with Gasteiger partial charge in [0.15, 0.2) is 16.7 Å². The highest BCUT2D eigenvalue weighted by Gasteiger charge is 2.18. The van der Waals surface area contributed by atoms with Crippen molar-refractivity contribution in [3.63, 3.8) is 0 Å². The Hall–Kier alpha value is -4.57. The molecule has 0 spiro atoms. The molecule has 0 unspecified atom stereocenters. The largest absolute Gasteiger partial charge is 0.852 e. The van der Waals surface area contributed by atoms with E-state index in [1.54, 1.807) is 0 Å². The van der Waals surface area contributed by atoms with Crippen molar-refractivity contribution in [2.45, 2.75) is 20.4 Å². The molecule has 0 radical (unpaired) electrons. The minimum absolute atomic E-state index is 0.199. The van der Waals surface area contributed by atoms with E-state index in [4.69, 9.17) is 29.7 Å². The summed E-state index contributed by atoms with van der Waals surface area (Å²) in [7, 11) is 0. The molecule has 0 saturated carbocycles. The highest BCUT2D eigenvalue weighted by atomic mass is 16.9. The lowest BCUT2D eigenvalue weighted by Gasteiger charge is -2.21. The van der Waals surface area contributed by atoms with E-state index in [-0.39, 0.29) is 6.61 Å². The summed E-state index contributed by atoms with van der Waals surface area (Å²) in [5, 5.41) is 27.6. The van der Waals surface area contributed by atoms with Crippen LogP contribution in [0.4, 0.5) is 11.5 Å². The predicted octanol–water partition coefficient (Wildman–Crippen LogP) is 3.46. The molecule has 5 rings (SSSR count). The molecule has 0 fully saturated rings. The minimum Gasteiger partial charge on any atom is -0.852 e. The average molecular weight is 502 g/mol. The van der Waals surface area contributed by atoms with Gasteiger partial charge in [0.25, 0.3) is 5.09 Å². The molecule has 1 N–H and O–H groups in total. The van der Waals surface area contributed by atoms with Crippen molar-refractivity contribution in [1.82, 2.24) is 4.98 Å². The molecule has 190 valence electrons. The Morgan fingerprint density at radius 3 is 2.46 bits per heavy atom. The van der Waals surface area contributed by atoms with E-state index in [1.807, 2.05) is 65.4 Å². The first-order valence-electron chi connectivity index (χ1n) is 11.9. The Balaban J connectivity index is 0.000000747. The van der Waals surface area contributed by atoms with Crippen molar-refractivity contribution in [3.8, 4) is 11.5 Å². The van der Waals surface area contributed by atoms with E-state index in [2.05, 4.69) is 30.9 Å². The van der Waals surface area contributed by atoms with Crippen LogP contribution in [-0.4, -0.2) is 35.0 Å². The van der Waals surface area contributed by atoms with Crippen LogP contribution in [0.15, 0.2) is 82.3 Å². The average Bonchev–Trinajstić information content (AvgIpc) is 2.89. The normalized spacial score (nSPS) is 11.5. The Bertz CT molecular complexity index is 1580. The smallest absolute Gasteiger partial charge is 0.323 e. The molecule has 10 nitrogen and oxygen atoms in total. The van der Waals surface area contributed by atoms with Gasteiger partial charge in [-0.15, -0.1) is 16.7 Å². The number of hydrogen-bond acceptors (Lipinski definition) is 7. The zero-order valence-electron chi connectivity index (χ0n) is 20.6. The highest BCUT2D eigenvalue weighted by molar-refractivity contribution is 5.96. The highest BCUT2D eigenvalue weighted by Crippen LogP contribution is 2.31. The van der Waals surface area contributed by atoms with Crippen LogP contribution in [0, 0.1) is 10.1 Å². The lowest BCUT2D eigenvalue weighted by atomic mass is 10.0. The summed E-state index contributed by atoms with van der Waals surface area (Å²) in [5.74, 6) is 1.42. The van der Waals surface area contributed by atoms with Gasteiger partial charge >= 0.3 is 5.82 Å². The molecule has 0 atom stereocenters. The van der Waals surface area contributed by atoms with E-state index in [9.17, 15) is 5.11 Å². The molecule has 0 amide bonds. The quantitative estimate of drug-likeness (QED) is 0.124. The summed E-state index contributed by atoms with van der Waals surface area (Å²) in [6.07, 6.45) is 1.88. The first-order valence-corrected chi connectivity index (χ1v) is 11.9. The van der Waals surface area contributed by atoms with Gasteiger partial charge in [-0.1, -0.05) is 24.3 Å². The van der Waals surface area contributed by atoms with Crippen molar-refractivity contribution in [3.05, 3.63) is 88.4 Å². The van der Waals surface area contributed by atoms with E-state index in [0.29, 0.717) is 12.3 Å². The second kappa shape index (κ2) is 11.4. The van der Waals surface area contributed by atoms with Gasteiger partial charge in [-0.05, 0) is 43.1 Å². The van der Waals surface area contributed by atoms with Crippen LogP contribution >= 0.6 is 0 Å². The molecule has 1 aliphatic heterocycles. The van der Waals surface area contributed by atoms with Gasteiger partial charge in [0, 0.05) is 47.7 Å². The number of hydrogen-bond donors (Lipinski definition) is 1. The van der Waals surface area contributed by atoms with E-state index < -0.39 is 5.09 Å². The third-order valence-corrected chi connectivity index (χ3v) is 5.97. The SMILES string of the molecule is CCN(CC)c1ccc2nc3c4ccccc4/c(=N/c4cccc[n+]4CC[O-])cc-3oc2c1.O=[N+]([O-])O. The second-order valence-corrected chi connectivity index (χ2v) is 8.13. The Labute approximate surface area is 212 Å². The van der Waals surface area contributed by atoms with Crippen LogP contribution in [0.25, 0.3) is 33.3 Å². The van der Waals surface area contributed by atoms with Crippen molar-refractivity contribution in [2.75, 3.05) is 24.6 Å². The maximum atomic E-state index is 11.2. The predicted molar refractivity (Wildman–Crippen MR) is 137 cm³/mol. The van der Waals surface area contributed by atoms with Crippen LogP contribution in [0.1, 0.15) is 13.8 Å². The molecule has 2 aliphatic rings. The van der Waals surface area contributed by atoms with E-state index in [0.717, 1.165) is 57.5 Å². The van der Waals surface area contributed by atoms with Crippen molar-refractivity contribution in [2.24, 2.45) is 4.99 Å². The van der Waals surface area contributed by atoms with Crippen LogP contribution in [0.3, 0.4) is 0 Å².